The molecular weight excluding hydrogens is 176 g/mol. The topological polar surface area (TPSA) is 62.1 Å². The van der Waals surface area contributed by atoms with E-state index in [2.05, 4.69) is 10.2 Å². The number of nitrogens with zero attached hydrogens (tertiary/aromatic N) is 1. The van der Waals surface area contributed by atoms with Gasteiger partial charge in [-0.1, -0.05) is 6.42 Å². The number of rotatable bonds is 2. The molecule has 66 valence electrons. The fourth-order valence-electron chi connectivity index (χ4n) is 1.50. The molecule has 2 rings (SSSR count). The number of aliphatic hydroxyl groups excluding tert-OH is 1. The van der Waals surface area contributed by atoms with Crippen molar-refractivity contribution in [2.75, 3.05) is 6.61 Å². The van der Waals surface area contributed by atoms with E-state index < -0.39 is 0 Å². The van der Waals surface area contributed by atoms with Crippen molar-refractivity contribution in [3.05, 3.63) is 10.7 Å². The van der Waals surface area contributed by atoms with Gasteiger partial charge in [-0.2, -0.15) is 0 Å². The standard InChI is InChI=1S/C7H10N2O2S/c10-4-7(2-1-3-7)5-8-9-6(12)11-5/h10H,1-4H2,(H,9,12). The lowest BCUT2D eigenvalue weighted by Gasteiger charge is -2.36. The minimum absolute atomic E-state index is 0.0934. The van der Waals surface area contributed by atoms with Crippen LogP contribution in [0.3, 0.4) is 0 Å². The highest BCUT2D eigenvalue weighted by atomic mass is 32.1. The Morgan fingerprint density at radius 3 is 2.75 bits per heavy atom. The van der Waals surface area contributed by atoms with Gasteiger partial charge in [0.2, 0.25) is 5.89 Å². The van der Waals surface area contributed by atoms with E-state index in [1.54, 1.807) is 0 Å². The lowest BCUT2D eigenvalue weighted by molar-refractivity contribution is 0.0929. The number of hydrogen-bond acceptors (Lipinski definition) is 4. The molecule has 5 heteroatoms. The molecule has 0 atom stereocenters. The van der Waals surface area contributed by atoms with Crippen LogP contribution in [0, 0.1) is 4.84 Å². The molecule has 1 aromatic heterocycles. The molecule has 0 bridgehead atoms. The van der Waals surface area contributed by atoms with Gasteiger partial charge in [-0.25, -0.2) is 5.10 Å². The number of aromatic nitrogens is 2. The number of hydrogen-bond donors (Lipinski definition) is 2. The predicted octanol–water partition coefficient (Wildman–Crippen LogP) is 1.15. The fourth-order valence-corrected chi connectivity index (χ4v) is 1.62. The van der Waals surface area contributed by atoms with E-state index in [4.69, 9.17) is 21.7 Å². The first kappa shape index (κ1) is 7.94. The summed E-state index contributed by atoms with van der Waals surface area (Å²) in [6.07, 6.45) is 2.99. The lowest BCUT2D eigenvalue weighted by Crippen LogP contribution is -2.38. The largest absolute Gasteiger partial charge is 0.413 e. The van der Waals surface area contributed by atoms with Crippen LogP contribution in [0.15, 0.2) is 4.42 Å². The summed E-state index contributed by atoms with van der Waals surface area (Å²) in [6.45, 7) is 0.0934. The Balaban J connectivity index is 2.33. The molecule has 0 unspecified atom stereocenters. The van der Waals surface area contributed by atoms with Crippen molar-refractivity contribution in [3.63, 3.8) is 0 Å². The third-order valence-corrected chi connectivity index (χ3v) is 2.68. The van der Waals surface area contributed by atoms with Crippen LogP contribution >= 0.6 is 12.2 Å². The zero-order valence-electron chi connectivity index (χ0n) is 6.54. The SMILES string of the molecule is OCC1(c2n[nH]c(=S)o2)CCC1. The second kappa shape index (κ2) is 2.67. The van der Waals surface area contributed by atoms with Gasteiger partial charge in [0, 0.05) is 0 Å². The molecule has 1 aromatic rings. The van der Waals surface area contributed by atoms with Crippen molar-refractivity contribution in [3.8, 4) is 0 Å². The van der Waals surface area contributed by atoms with Crippen molar-refractivity contribution in [2.45, 2.75) is 24.7 Å². The van der Waals surface area contributed by atoms with Crippen molar-refractivity contribution in [2.24, 2.45) is 0 Å². The molecule has 2 N–H and O–H groups in total. The first-order valence-electron chi connectivity index (χ1n) is 3.94. The van der Waals surface area contributed by atoms with E-state index in [1.165, 1.54) is 0 Å². The molecule has 1 aliphatic rings. The average Bonchev–Trinajstić information content (AvgIpc) is 2.35. The van der Waals surface area contributed by atoms with Gasteiger partial charge in [0.15, 0.2) is 0 Å². The maximum atomic E-state index is 9.15. The van der Waals surface area contributed by atoms with Crippen molar-refractivity contribution in [1.29, 1.82) is 0 Å². The summed E-state index contributed by atoms with van der Waals surface area (Å²) >= 11 is 4.76. The van der Waals surface area contributed by atoms with Crippen LogP contribution < -0.4 is 0 Å². The summed E-state index contributed by atoms with van der Waals surface area (Å²) in [5.41, 5.74) is -0.242. The van der Waals surface area contributed by atoms with Crippen LogP contribution in [0.1, 0.15) is 25.2 Å². The van der Waals surface area contributed by atoms with Crippen LogP contribution in [0.2, 0.25) is 0 Å². The average molecular weight is 186 g/mol. The van der Waals surface area contributed by atoms with E-state index in [0.717, 1.165) is 19.3 Å². The molecule has 1 aliphatic carbocycles. The Morgan fingerprint density at radius 1 is 1.67 bits per heavy atom. The maximum absolute atomic E-state index is 9.15. The highest BCUT2D eigenvalue weighted by Gasteiger charge is 2.42. The number of H-pyrrole nitrogens is 1. The highest BCUT2D eigenvalue weighted by molar-refractivity contribution is 7.71. The van der Waals surface area contributed by atoms with Gasteiger partial charge >= 0.3 is 0 Å². The van der Waals surface area contributed by atoms with Crippen molar-refractivity contribution < 1.29 is 9.52 Å². The first-order valence-corrected chi connectivity index (χ1v) is 4.34. The van der Waals surface area contributed by atoms with Crippen molar-refractivity contribution in [1.82, 2.24) is 10.2 Å². The Hall–Kier alpha value is -0.680. The summed E-state index contributed by atoms with van der Waals surface area (Å²) < 4.78 is 5.17. The molecule has 1 heterocycles. The summed E-state index contributed by atoms with van der Waals surface area (Å²) in [5, 5.41) is 15.6. The van der Waals surface area contributed by atoms with Gasteiger partial charge in [-0.15, -0.1) is 5.10 Å². The molecule has 0 amide bonds. The van der Waals surface area contributed by atoms with E-state index in [0.29, 0.717) is 5.89 Å². The van der Waals surface area contributed by atoms with Gasteiger partial charge in [0.1, 0.15) is 0 Å². The third kappa shape index (κ3) is 1.01. The van der Waals surface area contributed by atoms with Gasteiger partial charge in [0.25, 0.3) is 4.84 Å². The predicted molar refractivity (Wildman–Crippen MR) is 44.3 cm³/mol. The Bertz CT molecular complexity index is 321. The van der Waals surface area contributed by atoms with Crippen LogP contribution in [0.4, 0.5) is 0 Å². The van der Waals surface area contributed by atoms with Crippen LogP contribution in [0.25, 0.3) is 0 Å². The smallest absolute Gasteiger partial charge is 0.284 e. The molecule has 4 nitrogen and oxygen atoms in total. The minimum atomic E-state index is -0.242. The van der Waals surface area contributed by atoms with Crippen LogP contribution in [-0.4, -0.2) is 21.9 Å². The molecule has 0 saturated heterocycles. The normalized spacial score (nSPS) is 20.4. The summed E-state index contributed by atoms with van der Waals surface area (Å²) in [5.74, 6) is 0.557. The maximum Gasteiger partial charge on any atom is 0.284 e. The Kier molecular flexibility index (Phi) is 1.77. The zero-order valence-corrected chi connectivity index (χ0v) is 7.36. The molecule has 0 spiro atoms. The quantitative estimate of drug-likeness (QED) is 0.680. The second-order valence-electron chi connectivity index (χ2n) is 3.21. The molecule has 0 aliphatic heterocycles. The summed E-state index contributed by atoms with van der Waals surface area (Å²) in [7, 11) is 0. The monoisotopic (exact) mass is 186 g/mol. The molecule has 0 aromatic carbocycles. The zero-order chi connectivity index (χ0) is 8.60. The lowest BCUT2D eigenvalue weighted by atomic mass is 9.69. The molecule has 1 saturated carbocycles. The van der Waals surface area contributed by atoms with E-state index in [1.807, 2.05) is 0 Å². The second-order valence-corrected chi connectivity index (χ2v) is 3.58. The van der Waals surface area contributed by atoms with Gasteiger partial charge in [-0.05, 0) is 25.1 Å². The van der Waals surface area contributed by atoms with Crippen LogP contribution in [0.5, 0.6) is 0 Å². The number of aliphatic hydroxyl groups is 1. The minimum Gasteiger partial charge on any atom is -0.413 e. The van der Waals surface area contributed by atoms with Crippen LogP contribution in [-0.2, 0) is 5.41 Å². The number of nitrogens with one attached hydrogen (secondary N) is 1. The summed E-state index contributed by atoms with van der Waals surface area (Å²) in [4.78, 5) is 0.282. The third-order valence-electron chi connectivity index (χ3n) is 2.51. The fraction of sp³-hybridized carbons (Fsp3) is 0.714. The molecule has 1 fully saturated rings. The van der Waals surface area contributed by atoms with E-state index in [9.17, 15) is 0 Å². The van der Waals surface area contributed by atoms with E-state index in [-0.39, 0.29) is 16.9 Å². The van der Waals surface area contributed by atoms with Gasteiger partial charge < -0.3 is 9.52 Å². The first-order chi connectivity index (χ1) is 5.77. The molecule has 0 radical (unpaired) electrons. The van der Waals surface area contributed by atoms with E-state index >= 15 is 0 Å². The molecular formula is C7H10N2O2S. The molecule has 12 heavy (non-hydrogen) atoms. The van der Waals surface area contributed by atoms with Gasteiger partial charge in [-0.3, -0.25) is 0 Å². The van der Waals surface area contributed by atoms with Crippen molar-refractivity contribution >= 4 is 12.2 Å². The Labute approximate surface area is 74.6 Å². The Morgan fingerprint density at radius 2 is 2.42 bits per heavy atom. The number of aromatic amines is 1. The highest BCUT2D eigenvalue weighted by Crippen LogP contribution is 2.42. The van der Waals surface area contributed by atoms with Gasteiger partial charge in [0.05, 0.1) is 12.0 Å². The summed E-state index contributed by atoms with van der Waals surface area (Å²) in [6, 6.07) is 0.